The van der Waals surface area contributed by atoms with Crippen LogP contribution in [0.5, 0.6) is 0 Å². The van der Waals surface area contributed by atoms with Crippen molar-refractivity contribution in [3.63, 3.8) is 0 Å². The summed E-state index contributed by atoms with van der Waals surface area (Å²) in [5.74, 6) is -0.0486. The Kier molecular flexibility index (Phi) is 21.7. The maximum atomic E-state index is 11.7. The van der Waals surface area contributed by atoms with Crippen molar-refractivity contribution < 1.29 is 9.53 Å². The molecule has 0 heterocycles. The van der Waals surface area contributed by atoms with Crippen molar-refractivity contribution in [2.24, 2.45) is 0 Å². The van der Waals surface area contributed by atoms with Crippen molar-refractivity contribution in [3.05, 3.63) is 0 Å². The van der Waals surface area contributed by atoms with E-state index < -0.39 is 0 Å². The van der Waals surface area contributed by atoms with Crippen LogP contribution in [0, 0.1) is 0 Å². The van der Waals surface area contributed by atoms with Crippen LogP contribution in [-0.4, -0.2) is 24.9 Å². The first-order valence-corrected chi connectivity index (χ1v) is 14.2. The summed E-state index contributed by atoms with van der Waals surface area (Å²) >= 11 is 7.12. The number of carbonyl (C=O) groups excluding carboxylic acids is 1. The fourth-order valence-electron chi connectivity index (χ4n) is 2.89. The molecule has 0 aliphatic rings. The number of hydrogen-bond acceptors (Lipinski definition) is 2. The summed E-state index contributed by atoms with van der Waals surface area (Å²) in [5.41, 5.74) is 0. The largest absolute Gasteiger partial charge is 0.465 e. The number of ether oxygens (including phenoxy) is 1. The molecule has 0 spiro atoms. The topological polar surface area (TPSA) is 26.3 Å². The smallest absolute Gasteiger partial charge is 0.319 e. The van der Waals surface area contributed by atoms with Gasteiger partial charge < -0.3 is 4.74 Å². The summed E-state index contributed by atoms with van der Waals surface area (Å²) in [6, 6.07) is 0. The number of esters is 1. The quantitative estimate of drug-likeness (QED) is 0.0630. The number of rotatable bonds is 18. The lowest BCUT2D eigenvalue weighted by molar-refractivity contribution is -0.141. The number of halogens is 3. The van der Waals surface area contributed by atoms with Gasteiger partial charge in [-0.15, -0.1) is 0 Å². The molecule has 0 rings (SSSR count). The summed E-state index contributed by atoms with van der Waals surface area (Å²) < 4.78 is 6.81. The van der Waals surface area contributed by atoms with Gasteiger partial charge in [-0.05, 0) is 24.2 Å². The van der Waals surface area contributed by atoms with Gasteiger partial charge in [-0.3, -0.25) is 4.79 Å². The molecule has 0 bridgehead atoms. The van der Waals surface area contributed by atoms with Gasteiger partial charge in [0.15, 0.2) is 0 Å². The van der Waals surface area contributed by atoms with E-state index >= 15 is 0 Å². The zero-order valence-corrected chi connectivity index (χ0v) is 22.4. The van der Waals surface area contributed by atoms with Crippen molar-refractivity contribution in [1.29, 1.82) is 0 Å². The van der Waals surface area contributed by atoms with Crippen LogP contribution in [0.2, 0.25) is 0 Å². The predicted octanol–water partition coefficient (Wildman–Crippen LogP) is 8.05. The van der Waals surface area contributed by atoms with Gasteiger partial charge in [0.1, 0.15) is 3.92 Å². The van der Waals surface area contributed by atoms with E-state index in [1.165, 1.54) is 87.9 Å². The summed E-state index contributed by atoms with van der Waals surface area (Å²) in [6.07, 6.45) is 19.3. The molecule has 2 unspecified atom stereocenters. The maximum Gasteiger partial charge on any atom is 0.319 e. The minimum atomic E-state index is -0.0486. The van der Waals surface area contributed by atoms with Crippen LogP contribution in [-0.2, 0) is 9.53 Å². The Labute approximate surface area is 197 Å². The Balaban J connectivity index is 3.29. The highest BCUT2D eigenvalue weighted by atomic mass is 127. The summed E-state index contributed by atoms with van der Waals surface area (Å²) in [6.45, 7) is 2.36. The number of carbonyl (C=O) groups is 1. The lowest BCUT2D eigenvalue weighted by Gasteiger charge is -2.15. The summed E-state index contributed by atoms with van der Waals surface area (Å²) in [4.78, 5) is 11.7. The Bertz CT molecular complexity index is 301. The third-order valence-electron chi connectivity index (χ3n) is 4.44. The highest BCUT2D eigenvalue weighted by molar-refractivity contribution is 14.1. The maximum absolute atomic E-state index is 11.7. The fraction of sp³-hybridized carbons (Fsp3) is 0.950. The molecule has 2 atom stereocenters. The van der Waals surface area contributed by atoms with Gasteiger partial charge in [-0.2, -0.15) is 0 Å². The standard InChI is InChI=1S/C20H37I3O2/c1-2-25-20(24)19(23)18(22)16-14-12-10-8-6-4-3-5-7-9-11-13-15-17-21/h18-19H,2-17H2,1H3. The molecule has 0 radical (unpaired) electrons. The average molecular weight is 690 g/mol. The number of hydrogen-bond donors (Lipinski definition) is 0. The number of alkyl halides is 3. The van der Waals surface area contributed by atoms with Crippen molar-refractivity contribution >= 4 is 73.7 Å². The van der Waals surface area contributed by atoms with Crippen LogP contribution < -0.4 is 0 Å². The molecule has 25 heavy (non-hydrogen) atoms. The van der Waals surface area contributed by atoms with Crippen molar-refractivity contribution in [1.82, 2.24) is 0 Å². The van der Waals surface area contributed by atoms with Crippen LogP contribution in [0.15, 0.2) is 0 Å². The van der Waals surface area contributed by atoms with Crippen LogP contribution in [0.1, 0.15) is 96.8 Å². The van der Waals surface area contributed by atoms with Crippen molar-refractivity contribution in [2.75, 3.05) is 11.0 Å². The Morgan fingerprint density at radius 3 is 1.56 bits per heavy atom. The molecule has 0 saturated carbocycles. The molecule has 2 nitrogen and oxygen atoms in total. The van der Waals surface area contributed by atoms with Gasteiger partial charge in [0.2, 0.25) is 0 Å². The highest BCUT2D eigenvalue weighted by Crippen LogP contribution is 2.23. The normalized spacial score (nSPS) is 13.6. The lowest BCUT2D eigenvalue weighted by Crippen LogP contribution is -2.26. The molecular weight excluding hydrogens is 653 g/mol. The molecule has 0 aromatic carbocycles. The lowest BCUT2D eigenvalue weighted by atomic mass is 10.0. The zero-order valence-electron chi connectivity index (χ0n) is 15.9. The van der Waals surface area contributed by atoms with Crippen LogP contribution in [0.4, 0.5) is 0 Å². The van der Waals surface area contributed by atoms with E-state index in [4.69, 9.17) is 4.74 Å². The van der Waals surface area contributed by atoms with Gasteiger partial charge in [-0.25, -0.2) is 0 Å². The molecule has 0 saturated heterocycles. The van der Waals surface area contributed by atoms with Crippen LogP contribution in [0.3, 0.4) is 0 Å². The molecule has 0 aromatic heterocycles. The van der Waals surface area contributed by atoms with E-state index in [2.05, 4.69) is 67.8 Å². The molecule has 0 fully saturated rings. The zero-order chi connectivity index (χ0) is 18.8. The van der Waals surface area contributed by atoms with Gasteiger partial charge in [-0.1, -0.05) is 145 Å². The third-order valence-corrected chi connectivity index (χ3v) is 9.30. The van der Waals surface area contributed by atoms with E-state index in [0.717, 1.165) is 6.42 Å². The third kappa shape index (κ3) is 17.5. The molecular formula is C20H37I3O2. The van der Waals surface area contributed by atoms with E-state index in [9.17, 15) is 4.79 Å². The fourth-order valence-corrected chi connectivity index (χ4v) is 4.71. The van der Waals surface area contributed by atoms with Crippen LogP contribution in [0.25, 0.3) is 0 Å². The second-order valence-corrected chi connectivity index (χ2v) is 10.8. The highest BCUT2D eigenvalue weighted by Gasteiger charge is 2.23. The second-order valence-electron chi connectivity index (χ2n) is 6.74. The van der Waals surface area contributed by atoms with E-state index in [1.807, 2.05) is 6.92 Å². The molecule has 0 aliphatic carbocycles. The van der Waals surface area contributed by atoms with Gasteiger partial charge in [0.05, 0.1) is 6.61 Å². The first-order chi connectivity index (χ1) is 12.1. The van der Waals surface area contributed by atoms with E-state index in [1.54, 1.807) is 0 Å². The van der Waals surface area contributed by atoms with Gasteiger partial charge in [0.25, 0.3) is 0 Å². The van der Waals surface area contributed by atoms with E-state index in [-0.39, 0.29) is 9.89 Å². The van der Waals surface area contributed by atoms with E-state index in [0.29, 0.717) is 10.5 Å². The second kappa shape index (κ2) is 20.4. The van der Waals surface area contributed by atoms with Crippen LogP contribution >= 0.6 is 67.8 Å². The first-order valence-electron chi connectivity index (χ1n) is 10.1. The average Bonchev–Trinajstić information content (AvgIpc) is 2.61. The number of unbranched alkanes of at least 4 members (excludes halogenated alkanes) is 12. The van der Waals surface area contributed by atoms with Gasteiger partial charge in [0, 0.05) is 3.92 Å². The molecule has 0 aliphatic heterocycles. The summed E-state index contributed by atoms with van der Waals surface area (Å²) in [5, 5.41) is 0. The molecule has 5 heteroatoms. The monoisotopic (exact) mass is 690 g/mol. The molecule has 0 aromatic rings. The first kappa shape index (κ1) is 26.7. The molecule has 0 amide bonds. The molecule has 0 N–H and O–H groups in total. The Hall–Kier alpha value is 1.66. The SMILES string of the molecule is CCOC(=O)C(I)C(I)CCCCCCCCCCCCCCCI. The van der Waals surface area contributed by atoms with Crippen molar-refractivity contribution in [2.45, 2.75) is 105 Å². The Morgan fingerprint density at radius 2 is 1.16 bits per heavy atom. The Morgan fingerprint density at radius 1 is 0.760 bits per heavy atom. The minimum absolute atomic E-state index is 0.000257. The van der Waals surface area contributed by atoms with Gasteiger partial charge >= 0.3 is 5.97 Å². The minimum Gasteiger partial charge on any atom is -0.465 e. The molecule has 150 valence electrons. The predicted molar refractivity (Wildman–Crippen MR) is 136 cm³/mol. The van der Waals surface area contributed by atoms with Crippen molar-refractivity contribution in [3.8, 4) is 0 Å². The summed E-state index contributed by atoms with van der Waals surface area (Å²) in [7, 11) is 0.